The number of carbonyl (C=O) groups is 16. The van der Waals surface area contributed by atoms with Crippen molar-refractivity contribution in [1.82, 2.24) is 95.0 Å². The number of primary amides is 1. The number of carboxylic acid groups (broad SMARTS) is 2. The third-order valence-electron chi connectivity index (χ3n) is 18.7. The van der Waals surface area contributed by atoms with Gasteiger partial charge in [0.1, 0.15) is 72.5 Å². The summed E-state index contributed by atoms with van der Waals surface area (Å²) in [6.07, 6.45) is 0.911. The van der Waals surface area contributed by atoms with Crippen molar-refractivity contribution in [2.45, 2.75) is 243 Å². The van der Waals surface area contributed by atoms with Crippen LogP contribution in [0.15, 0.2) is 42.9 Å². The van der Waals surface area contributed by atoms with E-state index in [0.717, 1.165) is 0 Å². The summed E-state index contributed by atoms with van der Waals surface area (Å²) in [7, 11) is 0. The Hall–Kier alpha value is -12.4. The standard InChI is InChI=1S/C75H127N27O19/c1-8-41(6)59(102-69(117)53(33-43-17-10-9-11-18-43)101-64(112)48(21-15-29-87-74(81)82)95-70(118)55(37-103)92-57(105)36-89-61(109)54(34-44-35-85-38-90-44)98-60(108)45(77)23-25-56(78)104)71(119)97-49(22-16-30-88-75(83)84)65(113)100-51(31-39(2)3)67(115)94-46(19-12-13-27-76)63(111)99-52(32-40(4)5)68(116)96-50(24-26-58(106)107)66(114)93-47(20-14-28-86-73(79)80)62(110)91-42(7)72(120)121/h9-11,17-18,35,38-42,45-55,59,103H,8,12-16,19-34,36-37,76-77H2,1-7H3,(H2,78,104)(H,85,90)(H,89,109)(H,91,110)(H,92,105)(H,93,114)(H,94,115)(H,95,118)(H,96,116)(H,97,119)(H,98,108)(H,99,111)(H,100,113)(H,101,112)(H,102,117)(H,106,107)(H,120,121)(H4,79,80,86)(H4,81,82,87)(H4,83,84,88)/t41-,42-,45-,46-,47-,48-,49-,50-,51-,52-,53-,54-,55-,59-/m0/s1. The van der Waals surface area contributed by atoms with E-state index in [0.29, 0.717) is 17.7 Å². The van der Waals surface area contributed by atoms with Crippen LogP contribution in [0.1, 0.15) is 162 Å². The molecule has 0 aliphatic heterocycles. The maximum Gasteiger partial charge on any atom is 0.325 e. The van der Waals surface area contributed by atoms with Crippen molar-refractivity contribution in [3.8, 4) is 0 Å². The van der Waals surface area contributed by atoms with Gasteiger partial charge in [0.05, 0.1) is 31.2 Å². The number of guanidine groups is 3. The number of aliphatic carboxylic acids is 2. The Morgan fingerprint density at radius 3 is 1.26 bits per heavy atom. The van der Waals surface area contributed by atoms with E-state index in [4.69, 9.17) is 50.6 Å². The van der Waals surface area contributed by atoms with Crippen LogP contribution in [0.3, 0.4) is 0 Å². The van der Waals surface area contributed by atoms with Crippen LogP contribution < -0.4 is 119 Å². The van der Waals surface area contributed by atoms with Gasteiger partial charge in [0.25, 0.3) is 0 Å². The molecule has 2 aromatic rings. The van der Waals surface area contributed by atoms with Crippen molar-refractivity contribution in [2.75, 3.05) is 39.3 Å². The highest BCUT2D eigenvalue weighted by molar-refractivity contribution is 6.00. The van der Waals surface area contributed by atoms with Gasteiger partial charge in [0.15, 0.2) is 17.9 Å². The molecule has 1 aromatic heterocycles. The molecule has 0 unspecified atom stereocenters. The molecule has 14 amide bonds. The number of nitrogens with one attached hydrogen (secondary N) is 20. The smallest absolute Gasteiger partial charge is 0.325 e. The third kappa shape index (κ3) is 42.7. The van der Waals surface area contributed by atoms with Gasteiger partial charge < -0.3 is 140 Å². The second kappa shape index (κ2) is 56.2. The molecule has 0 saturated heterocycles. The molecule has 0 radical (unpaired) electrons. The largest absolute Gasteiger partial charge is 0.481 e. The van der Waals surface area contributed by atoms with E-state index in [9.17, 15) is 92.0 Å². The van der Waals surface area contributed by atoms with Gasteiger partial charge in [-0.05, 0) is 120 Å². The lowest BCUT2D eigenvalue weighted by Gasteiger charge is -2.30. The number of carbonyl (C=O) groups excluding carboxylic acids is 14. The Balaban J connectivity index is 2.60. The molecule has 0 fully saturated rings. The number of rotatable bonds is 60. The summed E-state index contributed by atoms with van der Waals surface area (Å²) >= 11 is 0. The number of imidazole rings is 1. The SMILES string of the molecule is CC[C@H](C)[C@H](NC(=O)[C@H](Cc1ccccc1)NC(=O)[C@H](CCCNC(=N)N)NC(=O)[C@H](CO)NC(=O)CNC(=O)[C@H](Cc1c[nH]cn1)NC(=O)[C@@H](N)CCC(N)=O)C(=O)N[C@@H](CCCNC(=N)N)C(=O)N[C@@H](CC(C)C)C(=O)N[C@@H](CCCCN)C(=O)N[C@@H](CC(C)C)C(=O)N[C@@H](CCC(=O)O)C(=O)N[C@@H](CCCNC(=N)N)C(=O)N[C@@H](C)C(=O)O. The number of nitrogens with zero attached hydrogens (tertiary/aromatic N) is 1. The van der Waals surface area contributed by atoms with E-state index in [1.807, 2.05) is 0 Å². The lowest BCUT2D eigenvalue weighted by atomic mass is 9.96. The number of aliphatic hydroxyl groups is 1. The molecule has 121 heavy (non-hydrogen) atoms. The summed E-state index contributed by atoms with van der Waals surface area (Å²) in [5.41, 5.74) is 34.3. The van der Waals surface area contributed by atoms with Crippen LogP contribution in [0.2, 0.25) is 0 Å². The first-order valence-electron chi connectivity index (χ1n) is 40.1. The molecule has 0 saturated carbocycles. The zero-order valence-electron chi connectivity index (χ0n) is 69.5. The monoisotopic (exact) mass is 1710 g/mol. The van der Waals surface area contributed by atoms with Crippen molar-refractivity contribution in [3.05, 3.63) is 54.1 Å². The summed E-state index contributed by atoms with van der Waals surface area (Å²) in [6.45, 7) is 9.70. The van der Waals surface area contributed by atoms with E-state index in [-0.39, 0.29) is 134 Å². The van der Waals surface area contributed by atoms with Crippen LogP contribution in [-0.2, 0) is 89.6 Å². The van der Waals surface area contributed by atoms with E-state index in [1.54, 1.807) is 71.9 Å². The summed E-state index contributed by atoms with van der Waals surface area (Å²) < 4.78 is 0. The summed E-state index contributed by atoms with van der Waals surface area (Å²) in [5, 5.41) is 93.2. The van der Waals surface area contributed by atoms with Crippen molar-refractivity contribution >= 4 is 113 Å². The molecule has 0 spiro atoms. The van der Waals surface area contributed by atoms with Crippen LogP contribution in [0.4, 0.5) is 0 Å². The van der Waals surface area contributed by atoms with Crippen LogP contribution >= 0.6 is 0 Å². The second-order valence-corrected chi connectivity index (χ2v) is 30.0. The quantitative estimate of drug-likeness (QED) is 0.0166. The highest BCUT2D eigenvalue weighted by atomic mass is 16.4. The number of unbranched alkanes of at least 4 members (excludes halogenated alkanes) is 1. The van der Waals surface area contributed by atoms with Crippen molar-refractivity contribution in [1.29, 1.82) is 16.2 Å². The van der Waals surface area contributed by atoms with Gasteiger partial charge >= 0.3 is 11.9 Å². The van der Waals surface area contributed by atoms with Crippen molar-refractivity contribution in [2.24, 2.45) is 52.2 Å². The second-order valence-electron chi connectivity index (χ2n) is 30.0. The highest BCUT2D eigenvalue weighted by Crippen LogP contribution is 2.16. The molecule has 14 atom stereocenters. The molecule has 1 heterocycles. The van der Waals surface area contributed by atoms with E-state index < -0.39 is 223 Å². The Kier molecular flexibility index (Phi) is 48.6. The Morgan fingerprint density at radius 2 is 0.851 bits per heavy atom. The third-order valence-corrected chi connectivity index (χ3v) is 18.7. The molecule has 676 valence electrons. The average Bonchev–Trinajstić information content (AvgIpc) is 1.56. The number of hydrogen-bond acceptors (Lipinski definition) is 23. The minimum Gasteiger partial charge on any atom is -0.481 e. The zero-order valence-corrected chi connectivity index (χ0v) is 69.5. The number of aliphatic hydroxyl groups excluding tert-OH is 1. The van der Waals surface area contributed by atoms with Gasteiger partial charge in [0, 0.05) is 51.5 Å². The molecule has 46 nitrogen and oxygen atoms in total. The van der Waals surface area contributed by atoms with E-state index >= 15 is 0 Å². The van der Waals surface area contributed by atoms with Crippen LogP contribution in [-0.4, -0.2) is 256 Å². The number of hydrogen-bond donors (Lipinski definition) is 29. The zero-order chi connectivity index (χ0) is 91.0. The maximum atomic E-state index is 15.0. The van der Waals surface area contributed by atoms with Crippen molar-refractivity contribution in [3.63, 3.8) is 0 Å². The van der Waals surface area contributed by atoms with Gasteiger partial charge in [-0.3, -0.25) is 92.9 Å². The van der Waals surface area contributed by atoms with Gasteiger partial charge in [-0.15, -0.1) is 0 Å². The number of benzene rings is 1. The first-order valence-corrected chi connectivity index (χ1v) is 40.1. The highest BCUT2D eigenvalue weighted by Gasteiger charge is 2.39. The van der Waals surface area contributed by atoms with Gasteiger partial charge in [-0.1, -0.05) is 78.3 Å². The molecule has 0 aliphatic rings. The number of H-pyrrole nitrogens is 1. The minimum atomic E-state index is -1.79. The van der Waals surface area contributed by atoms with Crippen LogP contribution in [0.25, 0.3) is 0 Å². The molecule has 35 N–H and O–H groups in total. The number of amides is 14. The van der Waals surface area contributed by atoms with Crippen LogP contribution in [0.5, 0.6) is 0 Å². The van der Waals surface area contributed by atoms with Gasteiger partial charge in [-0.2, -0.15) is 0 Å². The first-order chi connectivity index (χ1) is 57.1. The number of carboxylic acids is 2. The fourth-order valence-electron chi connectivity index (χ4n) is 11.9. The first kappa shape index (κ1) is 105. The number of aromatic amines is 1. The van der Waals surface area contributed by atoms with E-state index in [2.05, 4.69) is 95.0 Å². The molecule has 0 aliphatic carbocycles. The predicted octanol–water partition coefficient (Wildman–Crippen LogP) is -7.26. The normalized spacial score (nSPS) is 14.5. The number of nitrogens with two attached hydrogens (primary N) is 6. The topological polar surface area (TPSA) is 783 Å². The Morgan fingerprint density at radius 1 is 0.446 bits per heavy atom. The van der Waals surface area contributed by atoms with Gasteiger partial charge in [0.2, 0.25) is 82.7 Å². The molecular formula is C75H127N27O19. The van der Waals surface area contributed by atoms with E-state index in [1.165, 1.54) is 19.4 Å². The predicted molar refractivity (Wildman–Crippen MR) is 441 cm³/mol. The molecular weight excluding hydrogens is 1580 g/mol. The lowest BCUT2D eigenvalue weighted by molar-refractivity contribution is -0.142. The number of aromatic nitrogens is 2. The fraction of sp³-hybridized carbons (Fsp3) is 0.627. The Labute approximate surface area is 701 Å². The van der Waals surface area contributed by atoms with Crippen LogP contribution in [0, 0.1) is 34.0 Å². The maximum absolute atomic E-state index is 15.0. The summed E-state index contributed by atoms with van der Waals surface area (Å²) in [5.74, 6) is -18.6. The molecule has 2 rings (SSSR count). The summed E-state index contributed by atoms with van der Waals surface area (Å²) in [4.78, 5) is 226. The Bertz CT molecular complexity index is 3760. The molecule has 0 bridgehead atoms. The fourth-order valence-corrected chi connectivity index (χ4v) is 11.9. The summed E-state index contributed by atoms with van der Waals surface area (Å²) in [6, 6.07) is -11.2. The van der Waals surface area contributed by atoms with Gasteiger partial charge in [-0.25, -0.2) is 4.98 Å². The average molecular weight is 1710 g/mol. The lowest BCUT2D eigenvalue weighted by Crippen LogP contribution is -2.62. The van der Waals surface area contributed by atoms with Crippen molar-refractivity contribution < 1.29 is 92.0 Å². The molecule has 1 aromatic carbocycles. The molecule has 46 heteroatoms. The minimum absolute atomic E-state index is 0.00166.